The molecule has 4 nitrogen and oxygen atoms in total. The highest BCUT2D eigenvalue weighted by atomic mass is 79.9. The Kier molecular flexibility index (Phi) is 4.72. The van der Waals surface area contributed by atoms with Crippen LogP contribution in [0.1, 0.15) is 31.2 Å². The molecule has 1 aromatic rings. The van der Waals surface area contributed by atoms with Gasteiger partial charge < -0.3 is 11.1 Å². The summed E-state index contributed by atoms with van der Waals surface area (Å²) in [5.74, 6) is -0.0692. The highest BCUT2D eigenvalue weighted by molar-refractivity contribution is 9.10. The molecule has 1 aliphatic carbocycles. The van der Waals surface area contributed by atoms with E-state index in [1.165, 1.54) is 5.56 Å². The number of nitrogens with one attached hydrogen (secondary N) is 1. The summed E-state index contributed by atoms with van der Waals surface area (Å²) < 4.78 is 0.999. The van der Waals surface area contributed by atoms with Crippen LogP contribution in [-0.4, -0.2) is 16.9 Å². The Morgan fingerprint density at radius 3 is 2.72 bits per heavy atom. The van der Waals surface area contributed by atoms with Gasteiger partial charge in [0, 0.05) is 35.4 Å². The lowest BCUT2D eigenvalue weighted by Gasteiger charge is -2.27. The second kappa shape index (κ2) is 6.29. The Morgan fingerprint density at radius 1 is 1.39 bits per heavy atom. The minimum Gasteiger partial charge on any atom is -0.369 e. The Hall–Kier alpha value is -0.940. The number of halogens is 1. The molecule has 98 valence electrons. The quantitative estimate of drug-likeness (QED) is 0.893. The van der Waals surface area contributed by atoms with E-state index in [1.54, 1.807) is 6.20 Å². The van der Waals surface area contributed by atoms with E-state index < -0.39 is 0 Å². The molecule has 0 unspecified atom stereocenters. The van der Waals surface area contributed by atoms with E-state index >= 15 is 0 Å². The van der Waals surface area contributed by atoms with Crippen molar-refractivity contribution in [3.05, 3.63) is 28.5 Å². The number of carbonyl (C=O) groups excluding carboxylic acids is 1. The molecular formula is C13H18BrN3O. The zero-order valence-electron chi connectivity index (χ0n) is 10.2. The molecule has 0 spiro atoms. The highest BCUT2D eigenvalue weighted by Crippen LogP contribution is 2.24. The van der Waals surface area contributed by atoms with Crippen LogP contribution in [-0.2, 0) is 11.3 Å². The largest absolute Gasteiger partial charge is 0.369 e. The van der Waals surface area contributed by atoms with E-state index in [0.29, 0.717) is 6.04 Å². The normalized spacial score (nSPS) is 23.8. The smallest absolute Gasteiger partial charge is 0.220 e. The summed E-state index contributed by atoms with van der Waals surface area (Å²) in [6.45, 7) is 0.818. The lowest BCUT2D eigenvalue weighted by Crippen LogP contribution is -2.36. The first-order chi connectivity index (χ1) is 8.65. The standard InChI is InChI=1S/C13H18BrN3O/c14-11-5-9(6-16-8-11)7-17-12-3-1-10(2-4-12)13(15)18/h5-6,8,10,12,17H,1-4,7H2,(H2,15,18). The summed E-state index contributed by atoms with van der Waals surface area (Å²) in [7, 11) is 0. The molecule has 2 rings (SSSR count). The third-order valence-corrected chi connectivity index (χ3v) is 3.92. The molecule has 1 aromatic heterocycles. The summed E-state index contributed by atoms with van der Waals surface area (Å²) in [6, 6.07) is 2.55. The van der Waals surface area contributed by atoms with Gasteiger partial charge in [-0.1, -0.05) is 0 Å². The number of carbonyl (C=O) groups is 1. The Bertz CT molecular complexity index is 416. The van der Waals surface area contributed by atoms with Crippen molar-refractivity contribution in [2.45, 2.75) is 38.3 Å². The molecule has 0 aliphatic heterocycles. The van der Waals surface area contributed by atoms with E-state index in [2.05, 4.69) is 32.3 Å². The molecule has 1 fully saturated rings. The number of hydrogen-bond donors (Lipinski definition) is 2. The van der Waals surface area contributed by atoms with Crippen LogP contribution in [0.4, 0.5) is 0 Å². The average molecular weight is 312 g/mol. The fourth-order valence-electron chi connectivity index (χ4n) is 2.40. The van der Waals surface area contributed by atoms with E-state index in [4.69, 9.17) is 5.73 Å². The molecule has 1 amide bonds. The van der Waals surface area contributed by atoms with Crippen molar-refractivity contribution in [1.82, 2.24) is 10.3 Å². The zero-order valence-corrected chi connectivity index (χ0v) is 11.8. The third kappa shape index (κ3) is 3.78. The third-order valence-electron chi connectivity index (χ3n) is 3.49. The maximum Gasteiger partial charge on any atom is 0.220 e. The molecule has 0 aromatic carbocycles. The predicted molar refractivity (Wildman–Crippen MR) is 73.7 cm³/mol. The Labute approximate surface area is 115 Å². The second-order valence-electron chi connectivity index (χ2n) is 4.84. The molecule has 1 aliphatic rings. The van der Waals surface area contributed by atoms with Gasteiger partial charge in [-0.3, -0.25) is 9.78 Å². The highest BCUT2D eigenvalue weighted by Gasteiger charge is 2.24. The van der Waals surface area contributed by atoms with E-state index in [1.807, 2.05) is 6.20 Å². The number of hydrogen-bond acceptors (Lipinski definition) is 3. The van der Waals surface area contributed by atoms with Gasteiger partial charge in [0.05, 0.1) is 0 Å². The number of nitrogens with zero attached hydrogens (tertiary/aromatic N) is 1. The van der Waals surface area contributed by atoms with Crippen molar-refractivity contribution in [3.63, 3.8) is 0 Å². The van der Waals surface area contributed by atoms with Gasteiger partial charge >= 0.3 is 0 Å². The Balaban J connectivity index is 1.77. The lowest BCUT2D eigenvalue weighted by atomic mass is 9.85. The van der Waals surface area contributed by atoms with Gasteiger partial charge in [-0.05, 0) is 53.2 Å². The van der Waals surface area contributed by atoms with Crippen LogP contribution in [0.25, 0.3) is 0 Å². The van der Waals surface area contributed by atoms with Gasteiger partial charge in [-0.2, -0.15) is 0 Å². The summed E-state index contributed by atoms with van der Waals surface area (Å²) in [5, 5.41) is 3.51. The molecule has 0 atom stereocenters. The fraction of sp³-hybridized carbons (Fsp3) is 0.538. The fourth-order valence-corrected chi connectivity index (χ4v) is 2.81. The number of pyridine rings is 1. The number of amides is 1. The van der Waals surface area contributed by atoms with Crippen molar-refractivity contribution < 1.29 is 4.79 Å². The molecule has 5 heteroatoms. The van der Waals surface area contributed by atoms with Crippen LogP contribution in [0.5, 0.6) is 0 Å². The number of rotatable bonds is 4. The molecule has 18 heavy (non-hydrogen) atoms. The number of nitrogens with two attached hydrogens (primary N) is 1. The Morgan fingerprint density at radius 2 is 2.11 bits per heavy atom. The summed E-state index contributed by atoms with van der Waals surface area (Å²) >= 11 is 3.41. The summed E-state index contributed by atoms with van der Waals surface area (Å²) in [6.07, 6.45) is 7.51. The van der Waals surface area contributed by atoms with Crippen LogP contribution >= 0.6 is 15.9 Å². The van der Waals surface area contributed by atoms with E-state index in [0.717, 1.165) is 36.7 Å². The van der Waals surface area contributed by atoms with Gasteiger partial charge in [0.25, 0.3) is 0 Å². The van der Waals surface area contributed by atoms with Crippen LogP contribution in [0.3, 0.4) is 0 Å². The molecule has 1 saturated carbocycles. The zero-order chi connectivity index (χ0) is 13.0. The summed E-state index contributed by atoms with van der Waals surface area (Å²) in [4.78, 5) is 15.2. The van der Waals surface area contributed by atoms with Crippen LogP contribution in [0.15, 0.2) is 22.9 Å². The molecular weight excluding hydrogens is 294 g/mol. The molecule has 0 saturated heterocycles. The van der Waals surface area contributed by atoms with Crippen molar-refractivity contribution in [1.29, 1.82) is 0 Å². The van der Waals surface area contributed by atoms with Crippen molar-refractivity contribution in [2.75, 3.05) is 0 Å². The molecule has 1 heterocycles. The van der Waals surface area contributed by atoms with Crippen LogP contribution < -0.4 is 11.1 Å². The maximum atomic E-state index is 11.1. The average Bonchev–Trinajstić information content (AvgIpc) is 2.37. The van der Waals surface area contributed by atoms with Crippen LogP contribution in [0, 0.1) is 5.92 Å². The van der Waals surface area contributed by atoms with E-state index in [9.17, 15) is 4.79 Å². The van der Waals surface area contributed by atoms with E-state index in [-0.39, 0.29) is 11.8 Å². The van der Waals surface area contributed by atoms with Crippen molar-refractivity contribution in [2.24, 2.45) is 11.7 Å². The van der Waals surface area contributed by atoms with Crippen molar-refractivity contribution in [3.8, 4) is 0 Å². The number of aromatic nitrogens is 1. The lowest BCUT2D eigenvalue weighted by molar-refractivity contribution is -0.122. The first-order valence-corrected chi connectivity index (χ1v) is 7.06. The first kappa shape index (κ1) is 13.5. The minimum absolute atomic E-state index is 0.0792. The van der Waals surface area contributed by atoms with Gasteiger partial charge in [0.2, 0.25) is 5.91 Å². The topological polar surface area (TPSA) is 68.0 Å². The minimum atomic E-state index is -0.148. The second-order valence-corrected chi connectivity index (χ2v) is 5.76. The van der Waals surface area contributed by atoms with Crippen molar-refractivity contribution >= 4 is 21.8 Å². The first-order valence-electron chi connectivity index (χ1n) is 6.27. The SMILES string of the molecule is NC(=O)C1CCC(NCc2cncc(Br)c2)CC1. The van der Waals surface area contributed by atoms with Gasteiger partial charge in [-0.25, -0.2) is 0 Å². The van der Waals surface area contributed by atoms with Gasteiger partial charge in [0.1, 0.15) is 0 Å². The van der Waals surface area contributed by atoms with Crippen LogP contribution in [0.2, 0.25) is 0 Å². The predicted octanol–water partition coefficient (Wildman–Crippen LogP) is 1.98. The van der Waals surface area contributed by atoms with Gasteiger partial charge in [0.15, 0.2) is 0 Å². The molecule has 0 radical (unpaired) electrons. The van der Waals surface area contributed by atoms with Gasteiger partial charge in [-0.15, -0.1) is 0 Å². The number of primary amides is 1. The maximum absolute atomic E-state index is 11.1. The summed E-state index contributed by atoms with van der Waals surface area (Å²) in [5.41, 5.74) is 6.49. The molecule has 3 N–H and O–H groups in total. The monoisotopic (exact) mass is 311 g/mol. The molecule has 0 bridgehead atoms.